The Bertz CT molecular complexity index is 648. The second-order valence-corrected chi connectivity index (χ2v) is 5.53. The zero-order chi connectivity index (χ0) is 16.8. The van der Waals surface area contributed by atoms with Gasteiger partial charge in [-0.1, -0.05) is 0 Å². The van der Waals surface area contributed by atoms with E-state index in [4.69, 9.17) is 0 Å². The molecule has 0 bridgehead atoms. The van der Waals surface area contributed by atoms with Crippen molar-refractivity contribution in [3.05, 3.63) is 15.9 Å². The average Bonchev–Trinajstić information content (AvgIpc) is 2.89. The van der Waals surface area contributed by atoms with Crippen molar-refractivity contribution in [2.75, 3.05) is 0 Å². The lowest BCUT2D eigenvalue weighted by atomic mass is 10.1. The first kappa shape index (κ1) is 16.9. The van der Waals surface area contributed by atoms with Crippen LogP contribution in [0.1, 0.15) is 22.6 Å². The summed E-state index contributed by atoms with van der Waals surface area (Å²) in [5.41, 5.74) is -3.88. The predicted octanol–water partition coefficient (Wildman–Crippen LogP) is 1.91. The molecule has 6 nitrogen and oxygen atoms in total. The number of aliphatic hydroxyl groups is 1. The van der Waals surface area contributed by atoms with Crippen molar-refractivity contribution in [2.24, 2.45) is 12.1 Å². The van der Waals surface area contributed by atoms with Crippen LogP contribution < -0.4 is 0 Å². The van der Waals surface area contributed by atoms with Crippen molar-refractivity contribution < 1.29 is 27.5 Å². The van der Waals surface area contributed by atoms with E-state index in [1.807, 2.05) is 0 Å². The summed E-state index contributed by atoms with van der Waals surface area (Å²) in [7, 11) is 1.38. The second kappa shape index (κ2) is 5.61. The molecule has 0 saturated carbocycles. The minimum Gasteiger partial charge on any atom is -0.364 e. The normalized spacial score (nSPS) is 21.9. The molecule has 11 heteroatoms. The largest absolute Gasteiger partial charge is 0.364 e. The number of amides is 1. The first-order chi connectivity index (χ1) is 10.1. The summed E-state index contributed by atoms with van der Waals surface area (Å²) < 4.78 is 52.9. The predicted molar refractivity (Wildman–Crippen MR) is 70.8 cm³/mol. The Morgan fingerprint density at radius 1 is 1.41 bits per heavy atom. The topological polar surface area (TPSA) is 70.7 Å². The van der Waals surface area contributed by atoms with E-state index in [9.17, 15) is 27.5 Å². The Hall–Kier alpha value is -1.49. The lowest BCUT2D eigenvalue weighted by molar-refractivity contribution is -0.164. The van der Waals surface area contributed by atoms with E-state index in [-0.39, 0.29) is 15.2 Å². The SMILES string of the molecule is Cc1nn(C)c(C(=O)N2N=C(C(F)F)C[C@@]2(O)C(F)F)c1Br. The van der Waals surface area contributed by atoms with Gasteiger partial charge in [0.25, 0.3) is 18.8 Å². The number of rotatable bonds is 3. The molecule has 0 aliphatic carbocycles. The number of aryl methyl sites for hydroxylation is 2. The van der Waals surface area contributed by atoms with Gasteiger partial charge in [0.1, 0.15) is 11.4 Å². The van der Waals surface area contributed by atoms with Crippen molar-refractivity contribution >= 4 is 27.5 Å². The molecule has 2 heterocycles. The summed E-state index contributed by atoms with van der Waals surface area (Å²) >= 11 is 3.07. The van der Waals surface area contributed by atoms with Crippen LogP contribution in [0.2, 0.25) is 0 Å². The molecule has 1 aromatic rings. The van der Waals surface area contributed by atoms with Gasteiger partial charge in [-0.2, -0.15) is 15.2 Å². The summed E-state index contributed by atoms with van der Waals surface area (Å²) in [6, 6.07) is 0. The Morgan fingerprint density at radius 3 is 2.41 bits per heavy atom. The summed E-state index contributed by atoms with van der Waals surface area (Å²) in [6.07, 6.45) is -7.74. The lowest BCUT2D eigenvalue weighted by Crippen LogP contribution is -2.52. The molecular formula is C11H11BrF4N4O2. The van der Waals surface area contributed by atoms with Gasteiger partial charge in [0.15, 0.2) is 0 Å². The summed E-state index contributed by atoms with van der Waals surface area (Å²) in [5.74, 6) is -1.16. The summed E-state index contributed by atoms with van der Waals surface area (Å²) in [6.45, 7) is 1.55. The van der Waals surface area contributed by atoms with Crippen LogP contribution in [0.25, 0.3) is 0 Å². The Labute approximate surface area is 130 Å². The van der Waals surface area contributed by atoms with Crippen LogP contribution in [-0.2, 0) is 7.05 Å². The monoisotopic (exact) mass is 386 g/mol. The van der Waals surface area contributed by atoms with Gasteiger partial charge in [0.05, 0.1) is 10.2 Å². The molecule has 0 unspecified atom stereocenters. The van der Waals surface area contributed by atoms with E-state index in [0.717, 1.165) is 4.68 Å². The Kier molecular flexibility index (Phi) is 4.30. The highest BCUT2D eigenvalue weighted by Crippen LogP contribution is 2.35. The number of nitrogens with zero attached hydrogens (tertiary/aromatic N) is 4. The first-order valence-corrected chi connectivity index (χ1v) is 6.78. The Morgan fingerprint density at radius 2 is 2.00 bits per heavy atom. The molecule has 1 amide bonds. The van der Waals surface area contributed by atoms with Crippen LogP contribution in [0.5, 0.6) is 0 Å². The smallest absolute Gasteiger partial charge is 0.296 e. The quantitative estimate of drug-likeness (QED) is 0.806. The highest BCUT2D eigenvalue weighted by atomic mass is 79.9. The number of aromatic nitrogens is 2. The van der Waals surface area contributed by atoms with Gasteiger partial charge in [0.2, 0.25) is 5.72 Å². The van der Waals surface area contributed by atoms with E-state index in [0.29, 0.717) is 5.69 Å². The van der Waals surface area contributed by atoms with Crippen molar-refractivity contribution in [1.82, 2.24) is 14.8 Å². The van der Waals surface area contributed by atoms with Gasteiger partial charge in [0, 0.05) is 13.5 Å². The maximum atomic E-state index is 13.1. The van der Waals surface area contributed by atoms with E-state index in [1.165, 1.54) is 7.05 Å². The van der Waals surface area contributed by atoms with Gasteiger partial charge >= 0.3 is 0 Å². The molecule has 0 saturated heterocycles. The van der Waals surface area contributed by atoms with Crippen LogP contribution in [0.15, 0.2) is 9.57 Å². The maximum Gasteiger partial charge on any atom is 0.296 e. The van der Waals surface area contributed by atoms with Gasteiger partial charge in [-0.05, 0) is 22.9 Å². The van der Waals surface area contributed by atoms with Crippen molar-refractivity contribution in [1.29, 1.82) is 0 Å². The van der Waals surface area contributed by atoms with Crippen molar-refractivity contribution in [3.8, 4) is 0 Å². The lowest BCUT2D eigenvalue weighted by Gasteiger charge is -2.29. The standard InChI is InChI=1S/C11H11BrF4N4O2/c1-4-6(12)7(19(2)17-4)9(21)20-11(22,10(15)16)3-5(18-20)8(13)14/h8,10,22H,3H2,1-2H3/t11-/m1/s1. The summed E-state index contributed by atoms with van der Waals surface area (Å²) in [5, 5.41) is 17.0. The number of carbonyl (C=O) groups excluding carboxylic acids is 1. The molecule has 22 heavy (non-hydrogen) atoms. The van der Waals surface area contributed by atoms with E-state index in [1.54, 1.807) is 6.92 Å². The van der Waals surface area contributed by atoms with Crippen LogP contribution in [0, 0.1) is 6.92 Å². The molecule has 2 rings (SSSR count). The van der Waals surface area contributed by atoms with Gasteiger partial charge in [-0.25, -0.2) is 17.6 Å². The number of carbonyl (C=O) groups is 1. The molecule has 1 aliphatic heterocycles. The second-order valence-electron chi connectivity index (χ2n) is 4.74. The first-order valence-electron chi connectivity index (χ1n) is 5.99. The van der Waals surface area contributed by atoms with Crippen LogP contribution in [0.3, 0.4) is 0 Å². The van der Waals surface area contributed by atoms with E-state index in [2.05, 4.69) is 26.1 Å². The number of hydrogen-bond donors (Lipinski definition) is 1. The minimum absolute atomic E-state index is 0.000370. The number of hydrazone groups is 1. The fourth-order valence-electron chi connectivity index (χ4n) is 2.07. The number of alkyl halides is 4. The third kappa shape index (κ3) is 2.51. The van der Waals surface area contributed by atoms with Crippen LogP contribution in [0.4, 0.5) is 17.6 Å². The zero-order valence-corrected chi connectivity index (χ0v) is 13.0. The molecule has 1 aliphatic rings. The van der Waals surface area contributed by atoms with E-state index < -0.39 is 36.6 Å². The zero-order valence-electron chi connectivity index (χ0n) is 11.4. The number of halogens is 5. The Balaban J connectivity index is 2.49. The highest BCUT2D eigenvalue weighted by Gasteiger charge is 2.54. The van der Waals surface area contributed by atoms with Crippen molar-refractivity contribution in [2.45, 2.75) is 31.9 Å². The van der Waals surface area contributed by atoms with Gasteiger partial charge in [-0.15, -0.1) is 0 Å². The third-order valence-corrected chi connectivity index (χ3v) is 4.13. The molecular weight excluding hydrogens is 376 g/mol. The molecule has 122 valence electrons. The van der Waals surface area contributed by atoms with Crippen molar-refractivity contribution in [3.63, 3.8) is 0 Å². The van der Waals surface area contributed by atoms with E-state index >= 15 is 0 Å². The summed E-state index contributed by atoms with van der Waals surface area (Å²) in [4.78, 5) is 12.4. The number of hydrogen-bond acceptors (Lipinski definition) is 4. The maximum absolute atomic E-state index is 13.1. The molecule has 0 aromatic carbocycles. The molecule has 1 aromatic heterocycles. The van der Waals surface area contributed by atoms with Gasteiger partial charge < -0.3 is 5.11 Å². The van der Waals surface area contributed by atoms with Crippen LogP contribution in [-0.4, -0.2) is 50.1 Å². The average molecular weight is 387 g/mol. The highest BCUT2D eigenvalue weighted by molar-refractivity contribution is 9.10. The fraction of sp³-hybridized carbons (Fsp3) is 0.545. The third-order valence-electron chi connectivity index (χ3n) is 3.18. The molecule has 0 fully saturated rings. The minimum atomic E-state index is -3.47. The van der Waals surface area contributed by atoms with Gasteiger partial charge in [-0.3, -0.25) is 9.48 Å². The molecule has 1 N–H and O–H groups in total. The molecule has 1 atom stereocenters. The molecule has 0 spiro atoms. The molecule has 0 radical (unpaired) electrons. The van der Waals surface area contributed by atoms with Crippen LogP contribution >= 0.6 is 15.9 Å². The fourth-order valence-corrected chi connectivity index (χ4v) is 2.57.